The summed E-state index contributed by atoms with van der Waals surface area (Å²) in [6.07, 6.45) is 0.948. The largest absolute Gasteiger partial charge is 0.379 e. The van der Waals surface area contributed by atoms with Crippen molar-refractivity contribution in [3.05, 3.63) is 33.3 Å². The summed E-state index contributed by atoms with van der Waals surface area (Å²) in [5.74, 6) is 0. The van der Waals surface area contributed by atoms with Gasteiger partial charge in [0.25, 0.3) is 5.69 Å². The molecule has 2 rings (SSSR count). The maximum absolute atomic E-state index is 10.9. The van der Waals surface area contributed by atoms with Crippen LogP contribution in [-0.2, 0) is 0 Å². The lowest BCUT2D eigenvalue weighted by Gasteiger charge is -2.27. The summed E-state index contributed by atoms with van der Waals surface area (Å²) >= 11 is 5.88. The summed E-state index contributed by atoms with van der Waals surface area (Å²) in [5, 5.41) is 17.8. The van der Waals surface area contributed by atoms with Gasteiger partial charge < -0.3 is 15.5 Å². The molecule has 0 unspecified atom stereocenters. The predicted molar refractivity (Wildman–Crippen MR) is 80.5 cm³/mol. The van der Waals surface area contributed by atoms with E-state index in [9.17, 15) is 10.1 Å². The Bertz CT molecular complexity index is 464. The number of halogens is 1. The Kier molecular flexibility index (Phi) is 5.58. The molecule has 0 radical (unpaired) electrons. The van der Waals surface area contributed by atoms with E-state index in [1.165, 1.54) is 12.1 Å². The second-order valence-electron chi connectivity index (χ2n) is 4.79. The average Bonchev–Trinajstić information content (AvgIpc) is 2.44. The molecule has 1 aromatic rings. The number of anilines is 1. The van der Waals surface area contributed by atoms with Gasteiger partial charge in [-0.2, -0.15) is 0 Å². The quantitative estimate of drug-likeness (QED) is 0.477. The minimum absolute atomic E-state index is 0.0663. The molecule has 0 atom stereocenters. The number of nitrogens with zero attached hydrogens (tertiary/aromatic N) is 2. The fourth-order valence-corrected chi connectivity index (χ4v) is 2.44. The summed E-state index contributed by atoms with van der Waals surface area (Å²) in [4.78, 5) is 12.9. The van der Waals surface area contributed by atoms with E-state index in [4.69, 9.17) is 11.6 Å². The Morgan fingerprint density at radius 2 is 2.15 bits per heavy atom. The number of nitrogens with one attached hydrogen (secondary N) is 2. The van der Waals surface area contributed by atoms with E-state index in [1.54, 1.807) is 6.07 Å². The van der Waals surface area contributed by atoms with Gasteiger partial charge in [0.1, 0.15) is 5.69 Å². The second kappa shape index (κ2) is 7.42. The first-order valence-electron chi connectivity index (χ1n) is 6.78. The molecule has 1 heterocycles. The SMILES string of the molecule is O=[N+]([O-])c1ccc(Cl)cc1NCCCN1CCNCC1. The van der Waals surface area contributed by atoms with Crippen molar-refractivity contribution in [1.82, 2.24) is 10.2 Å². The first-order valence-corrected chi connectivity index (χ1v) is 7.15. The van der Waals surface area contributed by atoms with Gasteiger partial charge in [0.05, 0.1) is 4.92 Å². The van der Waals surface area contributed by atoms with Gasteiger partial charge in [-0.25, -0.2) is 0 Å². The van der Waals surface area contributed by atoms with Gasteiger partial charge in [0.2, 0.25) is 0 Å². The van der Waals surface area contributed by atoms with Crippen LogP contribution in [0.3, 0.4) is 0 Å². The van der Waals surface area contributed by atoms with Gasteiger partial charge >= 0.3 is 0 Å². The average molecular weight is 299 g/mol. The topological polar surface area (TPSA) is 70.4 Å². The molecule has 1 aliphatic heterocycles. The van der Waals surface area contributed by atoms with E-state index >= 15 is 0 Å². The third-order valence-electron chi connectivity index (χ3n) is 3.33. The Labute approximate surface area is 123 Å². The van der Waals surface area contributed by atoms with Crippen LogP contribution in [0.4, 0.5) is 11.4 Å². The number of rotatable bonds is 6. The van der Waals surface area contributed by atoms with Crippen molar-refractivity contribution in [2.24, 2.45) is 0 Å². The molecule has 7 heteroatoms. The highest BCUT2D eigenvalue weighted by molar-refractivity contribution is 6.31. The minimum atomic E-state index is -0.394. The maximum atomic E-state index is 10.9. The Morgan fingerprint density at radius 1 is 1.40 bits per heavy atom. The number of nitro groups is 1. The second-order valence-corrected chi connectivity index (χ2v) is 5.23. The molecule has 1 aliphatic rings. The lowest BCUT2D eigenvalue weighted by atomic mass is 10.2. The fourth-order valence-electron chi connectivity index (χ4n) is 2.27. The van der Waals surface area contributed by atoms with E-state index in [0.717, 1.165) is 39.1 Å². The molecule has 1 saturated heterocycles. The summed E-state index contributed by atoms with van der Waals surface area (Å²) in [7, 11) is 0. The molecule has 0 aliphatic carbocycles. The fraction of sp³-hybridized carbons (Fsp3) is 0.538. The molecular weight excluding hydrogens is 280 g/mol. The van der Waals surface area contributed by atoms with Crippen LogP contribution in [-0.4, -0.2) is 49.1 Å². The molecule has 0 saturated carbocycles. The maximum Gasteiger partial charge on any atom is 0.292 e. The third-order valence-corrected chi connectivity index (χ3v) is 3.57. The van der Waals surface area contributed by atoms with Crippen LogP contribution in [0.5, 0.6) is 0 Å². The number of benzene rings is 1. The molecule has 6 nitrogen and oxygen atoms in total. The zero-order valence-corrected chi connectivity index (χ0v) is 12.0. The Hall–Kier alpha value is -1.37. The summed E-state index contributed by atoms with van der Waals surface area (Å²) in [6, 6.07) is 4.57. The van der Waals surface area contributed by atoms with Crippen LogP contribution in [0.2, 0.25) is 5.02 Å². The van der Waals surface area contributed by atoms with E-state index in [2.05, 4.69) is 15.5 Å². The molecule has 1 fully saturated rings. The van der Waals surface area contributed by atoms with Crippen molar-refractivity contribution >= 4 is 23.0 Å². The van der Waals surface area contributed by atoms with E-state index < -0.39 is 4.92 Å². The normalized spacial score (nSPS) is 16.1. The highest BCUT2D eigenvalue weighted by Gasteiger charge is 2.13. The van der Waals surface area contributed by atoms with Crippen LogP contribution in [0.1, 0.15) is 6.42 Å². The van der Waals surface area contributed by atoms with Crippen LogP contribution in [0.15, 0.2) is 18.2 Å². The van der Waals surface area contributed by atoms with Gasteiger partial charge in [-0.3, -0.25) is 10.1 Å². The van der Waals surface area contributed by atoms with Crippen LogP contribution < -0.4 is 10.6 Å². The predicted octanol–water partition coefficient (Wildman–Crippen LogP) is 1.96. The number of nitro benzene ring substituents is 1. The third kappa shape index (κ3) is 4.33. The van der Waals surface area contributed by atoms with Gasteiger partial charge in [-0.05, 0) is 25.1 Å². The molecule has 1 aromatic carbocycles. The summed E-state index contributed by atoms with van der Waals surface area (Å²) in [5.41, 5.74) is 0.555. The van der Waals surface area contributed by atoms with Gasteiger partial charge in [-0.1, -0.05) is 11.6 Å². The van der Waals surface area contributed by atoms with Crippen molar-refractivity contribution < 1.29 is 4.92 Å². The smallest absolute Gasteiger partial charge is 0.292 e. The first kappa shape index (κ1) is 15.0. The zero-order chi connectivity index (χ0) is 14.4. The lowest BCUT2D eigenvalue weighted by Crippen LogP contribution is -2.44. The van der Waals surface area contributed by atoms with Crippen molar-refractivity contribution in [2.45, 2.75) is 6.42 Å². The number of piperazine rings is 1. The van der Waals surface area contributed by atoms with Crippen molar-refractivity contribution in [3.63, 3.8) is 0 Å². The van der Waals surface area contributed by atoms with Crippen LogP contribution >= 0.6 is 11.6 Å². The van der Waals surface area contributed by atoms with E-state index in [0.29, 0.717) is 17.3 Å². The summed E-state index contributed by atoms with van der Waals surface area (Å²) < 4.78 is 0. The van der Waals surface area contributed by atoms with Gasteiger partial charge in [-0.15, -0.1) is 0 Å². The van der Waals surface area contributed by atoms with Crippen molar-refractivity contribution in [2.75, 3.05) is 44.6 Å². The van der Waals surface area contributed by atoms with Crippen LogP contribution in [0.25, 0.3) is 0 Å². The molecule has 0 spiro atoms. The Balaban J connectivity index is 1.81. The molecule has 2 N–H and O–H groups in total. The van der Waals surface area contributed by atoms with Crippen molar-refractivity contribution in [3.8, 4) is 0 Å². The van der Waals surface area contributed by atoms with Gasteiger partial charge in [0, 0.05) is 43.8 Å². The molecule has 0 aromatic heterocycles. The minimum Gasteiger partial charge on any atom is -0.379 e. The molecule has 0 bridgehead atoms. The van der Waals surface area contributed by atoms with E-state index in [1.807, 2.05) is 0 Å². The summed E-state index contributed by atoms with van der Waals surface area (Å²) in [6.45, 7) is 5.91. The van der Waals surface area contributed by atoms with Gasteiger partial charge in [0.15, 0.2) is 0 Å². The zero-order valence-electron chi connectivity index (χ0n) is 11.3. The molecule has 0 amide bonds. The standard InChI is InChI=1S/C13H19ClN4O2/c14-11-2-3-13(18(19)20)12(10-11)16-4-1-7-17-8-5-15-6-9-17/h2-3,10,15-16H,1,4-9H2. The van der Waals surface area contributed by atoms with Crippen LogP contribution in [0, 0.1) is 10.1 Å². The number of hydrogen-bond donors (Lipinski definition) is 2. The Morgan fingerprint density at radius 3 is 2.85 bits per heavy atom. The highest BCUT2D eigenvalue weighted by Crippen LogP contribution is 2.27. The van der Waals surface area contributed by atoms with E-state index in [-0.39, 0.29) is 5.69 Å². The first-order chi connectivity index (χ1) is 9.66. The lowest BCUT2D eigenvalue weighted by molar-refractivity contribution is -0.384. The monoisotopic (exact) mass is 298 g/mol. The molecule has 110 valence electrons. The number of hydrogen-bond acceptors (Lipinski definition) is 5. The molecular formula is C13H19ClN4O2. The van der Waals surface area contributed by atoms with Crippen molar-refractivity contribution in [1.29, 1.82) is 0 Å². The highest BCUT2D eigenvalue weighted by atomic mass is 35.5. The molecule has 20 heavy (non-hydrogen) atoms.